The van der Waals surface area contributed by atoms with Gasteiger partial charge in [-0.05, 0) is 83.5 Å². The number of hydrogen-bond acceptors (Lipinski definition) is 6. The SMILES string of the molecule is CC/C=C\C/C=C\C/C=C\C/C=C\CCCCCCCCCCCCCCCCCCCCC(=O)OCC(COC(=O)CCCCCCCCCCCCC)OC(=O)CC/C=C\C/C=C\C/C=C\C/C=C\CC. The highest BCUT2D eigenvalue weighted by atomic mass is 16.6. The van der Waals surface area contributed by atoms with E-state index in [2.05, 4.69) is 112 Å². The van der Waals surface area contributed by atoms with Crippen molar-refractivity contribution in [2.75, 3.05) is 13.2 Å². The highest BCUT2D eigenvalue weighted by Gasteiger charge is 2.19. The molecule has 0 spiro atoms. The quantitative estimate of drug-likeness (QED) is 0.0261. The van der Waals surface area contributed by atoms with Crippen LogP contribution in [0.25, 0.3) is 0 Å². The zero-order chi connectivity index (χ0) is 52.9. The molecular weight excluding hydrogens is 901 g/mol. The summed E-state index contributed by atoms with van der Waals surface area (Å²) >= 11 is 0. The molecule has 6 heteroatoms. The van der Waals surface area contributed by atoms with Gasteiger partial charge in [-0.2, -0.15) is 0 Å². The first-order chi connectivity index (χ1) is 36.0. The second kappa shape index (κ2) is 60.9. The molecule has 0 aliphatic carbocycles. The number of carbonyl (C=O) groups is 3. The van der Waals surface area contributed by atoms with Gasteiger partial charge in [-0.15, -0.1) is 0 Å². The van der Waals surface area contributed by atoms with Gasteiger partial charge in [-0.3, -0.25) is 14.4 Å². The fourth-order valence-corrected chi connectivity index (χ4v) is 8.57. The minimum atomic E-state index is -0.812. The van der Waals surface area contributed by atoms with E-state index in [0.29, 0.717) is 19.3 Å². The second-order valence-electron chi connectivity index (χ2n) is 20.2. The maximum atomic E-state index is 12.8. The van der Waals surface area contributed by atoms with Gasteiger partial charge in [-0.25, -0.2) is 0 Å². The Morgan fingerprint density at radius 3 is 0.890 bits per heavy atom. The van der Waals surface area contributed by atoms with Gasteiger partial charge in [0.05, 0.1) is 0 Å². The van der Waals surface area contributed by atoms with E-state index in [4.69, 9.17) is 14.2 Å². The lowest BCUT2D eigenvalue weighted by atomic mass is 10.0. The minimum absolute atomic E-state index is 0.102. The van der Waals surface area contributed by atoms with Crippen molar-refractivity contribution in [1.82, 2.24) is 0 Å². The van der Waals surface area contributed by atoms with Gasteiger partial charge >= 0.3 is 17.9 Å². The van der Waals surface area contributed by atoms with Gasteiger partial charge in [0.2, 0.25) is 0 Å². The molecule has 0 saturated heterocycles. The van der Waals surface area contributed by atoms with Gasteiger partial charge in [0.25, 0.3) is 0 Å². The summed E-state index contributed by atoms with van der Waals surface area (Å²) in [7, 11) is 0. The molecule has 0 aliphatic rings. The van der Waals surface area contributed by atoms with E-state index in [-0.39, 0.29) is 37.5 Å². The molecule has 0 aromatic carbocycles. The van der Waals surface area contributed by atoms with E-state index < -0.39 is 6.10 Å². The first-order valence-electron chi connectivity index (χ1n) is 30.7. The van der Waals surface area contributed by atoms with Gasteiger partial charge in [0.15, 0.2) is 6.10 Å². The Kier molecular flexibility index (Phi) is 57.8. The van der Waals surface area contributed by atoms with E-state index in [9.17, 15) is 14.4 Å². The largest absolute Gasteiger partial charge is 0.462 e. The summed E-state index contributed by atoms with van der Waals surface area (Å²) in [6.07, 6.45) is 81.6. The van der Waals surface area contributed by atoms with Crippen LogP contribution in [-0.4, -0.2) is 37.2 Å². The molecule has 6 nitrogen and oxygen atoms in total. The van der Waals surface area contributed by atoms with E-state index in [1.165, 1.54) is 154 Å². The van der Waals surface area contributed by atoms with E-state index in [0.717, 1.165) is 89.9 Å². The molecule has 0 fully saturated rings. The maximum Gasteiger partial charge on any atom is 0.306 e. The number of esters is 3. The van der Waals surface area contributed by atoms with Crippen molar-refractivity contribution in [2.24, 2.45) is 0 Å². The Morgan fingerprint density at radius 1 is 0.288 bits per heavy atom. The standard InChI is InChI=1S/C67H114O6/c1-4-7-10-13-16-19-22-24-25-26-27-28-29-30-31-32-33-34-35-36-37-38-39-40-41-43-45-48-51-54-57-60-66(69)72-63-64(62-71-65(68)59-56-53-50-47-44-21-18-15-12-9-6-3)73-67(70)61-58-55-52-49-46-42-23-20-17-14-11-8-5-2/h7-8,10-11,16-17,19-20,24-25,27-28,42,46,52,55,64H,4-6,9,12-15,18,21-23,26,29-41,43-45,47-51,53-54,56-63H2,1-3H3/b10-7-,11-8-,19-16-,20-17-,25-24-,28-27-,46-42-,55-52-. The summed E-state index contributed by atoms with van der Waals surface area (Å²) in [6.45, 7) is 6.36. The van der Waals surface area contributed by atoms with Crippen LogP contribution < -0.4 is 0 Å². The third-order valence-corrected chi connectivity index (χ3v) is 13.1. The molecule has 0 aromatic heterocycles. The van der Waals surface area contributed by atoms with Crippen LogP contribution in [0.3, 0.4) is 0 Å². The van der Waals surface area contributed by atoms with E-state index in [1.54, 1.807) is 0 Å². The van der Waals surface area contributed by atoms with Crippen molar-refractivity contribution >= 4 is 17.9 Å². The molecule has 73 heavy (non-hydrogen) atoms. The zero-order valence-electron chi connectivity index (χ0n) is 47.9. The van der Waals surface area contributed by atoms with Crippen molar-refractivity contribution in [3.05, 3.63) is 97.2 Å². The molecule has 0 aromatic rings. The van der Waals surface area contributed by atoms with Crippen molar-refractivity contribution in [3.63, 3.8) is 0 Å². The van der Waals surface area contributed by atoms with Crippen LogP contribution in [0.1, 0.15) is 290 Å². The van der Waals surface area contributed by atoms with Crippen LogP contribution in [0.5, 0.6) is 0 Å². The van der Waals surface area contributed by atoms with E-state index >= 15 is 0 Å². The van der Waals surface area contributed by atoms with Gasteiger partial charge in [0.1, 0.15) is 13.2 Å². The van der Waals surface area contributed by atoms with Crippen LogP contribution in [0.4, 0.5) is 0 Å². The average Bonchev–Trinajstić information content (AvgIpc) is 3.39. The van der Waals surface area contributed by atoms with Crippen LogP contribution in [0.15, 0.2) is 97.2 Å². The Bertz CT molecular complexity index is 1440. The molecule has 1 unspecified atom stereocenters. The number of hydrogen-bond donors (Lipinski definition) is 0. The average molecular weight is 1020 g/mol. The van der Waals surface area contributed by atoms with Gasteiger partial charge in [-0.1, -0.05) is 285 Å². The van der Waals surface area contributed by atoms with Crippen molar-refractivity contribution in [2.45, 2.75) is 297 Å². The zero-order valence-corrected chi connectivity index (χ0v) is 47.9. The Labute approximate surface area is 451 Å². The molecule has 0 aliphatic heterocycles. The normalized spacial score (nSPS) is 12.8. The topological polar surface area (TPSA) is 78.9 Å². The van der Waals surface area contributed by atoms with Gasteiger partial charge < -0.3 is 14.2 Å². The molecule has 0 N–H and O–H groups in total. The fourth-order valence-electron chi connectivity index (χ4n) is 8.57. The number of allylic oxidation sites excluding steroid dienone is 16. The summed E-state index contributed by atoms with van der Waals surface area (Å²) in [4.78, 5) is 38.0. The fraction of sp³-hybridized carbons (Fsp3) is 0.716. The summed E-state index contributed by atoms with van der Waals surface area (Å²) in [5, 5.41) is 0. The van der Waals surface area contributed by atoms with Crippen LogP contribution >= 0.6 is 0 Å². The van der Waals surface area contributed by atoms with Crippen molar-refractivity contribution in [1.29, 1.82) is 0 Å². The molecule has 0 heterocycles. The maximum absolute atomic E-state index is 12.8. The molecule has 1 atom stereocenters. The Balaban J connectivity index is 4.14. The van der Waals surface area contributed by atoms with Crippen molar-refractivity contribution < 1.29 is 28.6 Å². The number of carbonyl (C=O) groups excluding carboxylic acids is 3. The minimum Gasteiger partial charge on any atom is -0.462 e. The first-order valence-corrected chi connectivity index (χ1v) is 30.7. The van der Waals surface area contributed by atoms with E-state index in [1.807, 2.05) is 6.08 Å². The number of rotatable bonds is 55. The number of unbranched alkanes of at least 4 members (excludes halogenated alkanes) is 28. The van der Waals surface area contributed by atoms with Gasteiger partial charge in [0, 0.05) is 19.3 Å². The molecule has 0 bridgehead atoms. The lowest BCUT2D eigenvalue weighted by Crippen LogP contribution is -2.30. The van der Waals surface area contributed by atoms with Crippen LogP contribution in [0.2, 0.25) is 0 Å². The molecule has 0 saturated carbocycles. The monoisotopic (exact) mass is 1010 g/mol. The molecule has 0 radical (unpaired) electrons. The summed E-state index contributed by atoms with van der Waals surface area (Å²) in [6, 6.07) is 0. The summed E-state index contributed by atoms with van der Waals surface area (Å²) in [5.41, 5.74) is 0. The Morgan fingerprint density at radius 2 is 0.562 bits per heavy atom. The molecule has 418 valence electrons. The third kappa shape index (κ3) is 59.1. The third-order valence-electron chi connectivity index (χ3n) is 13.1. The Hall–Kier alpha value is -3.67. The van der Waals surface area contributed by atoms with Crippen LogP contribution in [-0.2, 0) is 28.6 Å². The molecule has 0 rings (SSSR count). The summed E-state index contributed by atoms with van der Waals surface area (Å²) < 4.78 is 16.8. The molecular formula is C67H114O6. The first kappa shape index (κ1) is 69.3. The molecule has 0 amide bonds. The highest BCUT2D eigenvalue weighted by Crippen LogP contribution is 2.16. The predicted octanol–water partition coefficient (Wildman–Crippen LogP) is 20.9. The predicted molar refractivity (Wildman–Crippen MR) is 316 cm³/mol. The number of ether oxygens (including phenoxy) is 3. The second-order valence-corrected chi connectivity index (χ2v) is 20.2. The summed E-state index contributed by atoms with van der Waals surface area (Å²) in [5.74, 6) is -0.977. The smallest absolute Gasteiger partial charge is 0.306 e. The lowest BCUT2D eigenvalue weighted by Gasteiger charge is -2.18. The highest BCUT2D eigenvalue weighted by molar-refractivity contribution is 5.71. The van der Waals surface area contributed by atoms with Crippen molar-refractivity contribution in [3.8, 4) is 0 Å². The lowest BCUT2D eigenvalue weighted by molar-refractivity contribution is -0.166. The van der Waals surface area contributed by atoms with Crippen LogP contribution in [0, 0.1) is 0 Å².